The molecule has 0 amide bonds. The lowest BCUT2D eigenvalue weighted by molar-refractivity contribution is 0.483. The van der Waals surface area contributed by atoms with E-state index < -0.39 is 15.0 Å². The molecular weight excluding hydrogens is 323 g/mol. The Morgan fingerprint density at radius 2 is 1.55 bits per heavy atom. The largest absolute Gasteiger partial charge is 0.398 e. The molecule has 0 radical (unpaired) electrons. The Morgan fingerprint density at radius 1 is 0.950 bits per heavy atom. The Labute approximate surface area is 125 Å². The van der Waals surface area contributed by atoms with E-state index in [1.54, 1.807) is 18.2 Å². The monoisotopic (exact) mass is 332 g/mol. The highest BCUT2D eigenvalue weighted by Gasteiger charge is 2.18. The van der Waals surface area contributed by atoms with Crippen LogP contribution in [0.4, 0.5) is 11.4 Å². The van der Waals surface area contributed by atoms with Crippen molar-refractivity contribution in [2.24, 2.45) is 0 Å². The van der Waals surface area contributed by atoms with Crippen LogP contribution >= 0.6 is 23.2 Å². The summed E-state index contributed by atoms with van der Waals surface area (Å²) in [5.41, 5.74) is 12.4. The van der Waals surface area contributed by atoms with Gasteiger partial charge in [0.2, 0.25) is 0 Å². The topological polar surface area (TPSA) is 106 Å². The summed E-state index contributed by atoms with van der Waals surface area (Å²) in [6.07, 6.45) is 0. The van der Waals surface area contributed by atoms with Gasteiger partial charge in [0.25, 0.3) is 10.1 Å². The molecular formula is C12H10Cl2N2O3S. The molecule has 2 aromatic rings. The van der Waals surface area contributed by atoms with E-state index in [0.717, 1.165) is 0 Å². The SMILES string of the molecule is Nc1ccc(-c2cc(Cl)c(N)c(S(=O)(=O)O)c2)cc1Cl. The van der Waals surface area contributed by atoms with Gasteiger partial charge in [-0.3, -0.25) is 4.55 Å². The molecule has 0 saturated carbocycles. The quantitative estimate of drug-likeness (QED) is 0.578. The van der Waals surface area contributed by atoms with Crippen molar-refractivity contribution in [3.8, 4) is 11.1 Å². The molecule has 106 valence electrons. The summed E-state index contributed by atoms with van der Waals surface area (Å²) < 4.78 is 31.7. The first kappa shape index (κ1) is 14.9. The Hall–Kier alpha value is -1.47. The van der Waals surface area contributed by atoms with Crippen LogP contribution in [0.5, 0.6) is 0 Å². The first-order valence-corrected chi connectivity index (χ1v) is 7.51. The Balaban J connectivity index is 2.70. The summed E-state index contributed by atoms with van der Waals surface area (Å²) in [5, 5.41) is 0.340. The third kappa shape index (κ3) is 2.83. The van der Waals surface area contributed by atoms with Gasteiger partial charge in [-0.25, -0.2) is 0 Å². The van der Waals surface area contributed by atoms with Crippen molar-refractivity contribution in [2.75, 3.05) is 11.5 Å². The Bertz CT molecular complexity index is 792. The number of hydrogen-bond donors (Lipinski definition) is 3. The van der Waals surface area contributed by atoms with Crippen molar-refractivity contribution in [1.82, 2.24) is 0 Å². The maximum absolute atomic E-state index is 11.3. The molecule has 0 fully saturated rings. The number of nitrogen functional groups attached to an aromatic ring is 2. The fourth-order valence-corrected chi connectivity index (χ4v) is 2.80. The lowest BCUT2D eigenvalue weighted by Gasteiger charge is -2.10. The molecule has 0 aliphatic heterocycles. The highest BCUT2D eigenvalue weighted by Crippen LogP contribution is 2.34. The van der Waals surface area contributed by atoms with Crippen LogP contribution < -0.4 is 11.5 Å². The summed E-state index contributed by atoms with van der Waals surface area (Å²) >= 11 is 11.8. The summed E-state index contributed by atoms with van der Waals surface area (Å²) in [6.45, 7) is 0. The van der Waals surface area contributed by atoms with Crippen molar-refractivity contribution in [2.45, 2.75) is 4.90 Å². The molecule has 0 aliphatic carbocycles. The van der Waals surface area contributed by atoms with Crippen LogP contribution in [0, 0.1) is 0 Å². The summed E-state index contributed by atoms with van der Waals surface area (Å²) in [6, 6.07) is 7.49. The minimum Gasteiger partial charge on any atom is -0.398 e. The van der Waals surface area contributed by atoms with Crippen molar-refractivity contribution >= 4 is 44.7 Å². The maximum atomic E-state index is 11.3. The van der Waals surface area contributed by atoms with E-state index in [1.165, 1.54) is 12.1 Å². The zero-order valence-corrected chi connectivity index (χ0v) is 12.3. The van der Waals surface area contributed by atoms with Crippen molar-refractivity contribution < 1.29 is 13.0 Å². The number of rotatable bonds is 2. The van der Waals surface area contributed by atoms with Crippen molar-refractivity contribution in [3.63, 3.8) is 0 Å². The van der Waals surface area contributed by atoms with Crippen LogP contribution in [0.15, 0.2) is 35.2 Å². The predicted octanol–water partition coefficient (Wildman–Crippen LogP) is 3.07. The minimum atomic E-state index is -4.47. The molecule has 20 heavy (non-hydrogen) atoms. The first-order chi connectivity index (χ1) is 9.20. The summed E-state index contributed by atoms with van der Waals surface area (Å²) in [7, 11) is -4.47. The predicted molar refractivity (Wildman–Crippen MR) is 80.5 cm³/mol. The lowest BCUT2D eigenvalue weighted by Crippen LogP contribution is -2.04. The fourth-order valence-electron chi connectivity index (χ4n) is 1.68. The average Bonchev–Trinajstić information content (AvgIpc) is 2.34. The normalized spacial score (nSPS) is 11.6. The molecule has 0 spiro atoms. The van der Waals surface area contributed by atoms with Crippen LogP contribution in [0.1, 0.15) is 0 Å². The van der Waals surface area contributed by atoms with Crippen LogP contribution in [-0.4, -0.2) is 13.0 Å². The van der Waals surface area contributed by atoms with Gasteiger partial charge in [-0.2, -0.15) is 8.42 Å². The second-order valence-electron chi connectivity index (χ2n) is 4.08. The molecule has 5 nitrogen and oxygen atoms in total. The molecule has 5 N–H and O–H groups in total. The molecule has 0 atom stereocenters. The van der Waals surface area contributed by atoms with E-state index in [-0.39, 0.29) is 10.7 Å². The van der Waals surface area contributed by atoms with Gasteiger partial charge in [0, 0.05) is 0 Å². The van der Waals surface area contributed by atoms with Gasteiger partial charge < -0.3 is 11.5 Å². The Kier molecular flexibility index (Phi) is 3.84. The van der Waals surface area contributed by atoms with Gasteiger partial charge in [0.15, 0.2) is 0 Å². The first-order valence-electron chi connectivity index (χ1n) is 5.32. The fraction of sp³-hybridized carbons (Fsp3) is 0. The lowest BCUT2D eigenvalue weighted by atomic mass is 10.0. The smallest absolute Gasteiger partial charge is 0.296 e. The van der Waals surface area contributed by atoms with E-state index in [2.05, 4.69) is 0 Å². The number of anilines is 2. The van der Waals surface area contributed by atoms with Crippen LogP contribution in [0.3, 0.4) is 0 Å². The molecule has 0 aromatic heterocycles. The van der Waals surface area contributed by atoms with E-state index in [1.807, 2.05) is 0 Å². The molecule has 0 heterocycles. The number of hydrogen-bond acceptors (Lipinski definition) is 4. The van der Waals surface area contributed by atoms with Gasteiger partial charge in [-0.05, 0) is 35.4 Å². The average molecular weight is 333 g/mol. The van der Waals surface area contributed by atoms with Gasteiger partial charge in [-0.1, -0.05) is 29.3 Å². The minimum absolute atomic E-state index is 0.0167. The van der Waals surface area contributed by atoms with E-state index in [0.29, 0.717) is 21.8 Å². The maximum Gasteiger partial charge on any atom is 0.296 e. The van der Waals surface area contributed by atoms with Gasteiger partial charge in [0.1, 0.15) is 4.90 Å². The van der Waals surface area contributed by atoms with Gasteiger partial charge in [-0.15, -0.1) is 0 Å². The van der Waals surface area contributed by atoms with Gasteiger partial charge >= 0.3 is 0 Å². The van der Waals surface area contributed by atoms with E-state index in [4.69, 9.17) is 39.2 Å². The van der Waals surface area contributed by atoms with Gasteiger partial charge in [0.05, 0.1) is 21.4 Å². The zero-order valence-electron chi connectivity index (χ0n) is 9.97. The van der Waals surface area contributed by atoms with Crippen LogP contribution in [0.25, 0.3) is 11.1 Å². The highest BCUT2D eigenvalue weighted by molar-refractivity contribution is 7.86. The van der Waals surface area contributed by atoms with Crippen LogP contribution in [0.2, 0.25) is 10.0 Å². The number of halogens is 2. The molecule has 2 aromatic carbocycles. The number of nitrogens with two attached hydrogens (primary N) is 2. The summed E-state index contributed by atoms with van der Waals surface area (Å²) in [4.78, 5) is -0.451. The van der Waals surface area contributed by atoms with E-state index >= 15 is 0 Å². The van der Waals surface area contributed by atoms with Crippen molar-refractivity contribution in [3.05, 3.63) is 40.4 Å². The van der Waals surface area contributed by atoms with Crippen LogP contribution in [-0.2, 0) is 10.1 Å². The Morgan fingerprint density at radius 3 is 2.10 bits per heavy atom. The second-order valence-corrected chi connectivity index (χ2v) is 6.29. The zero-order chi connectivity index (χ0) is 15.1. The highest BCUT2D eigenvalue weighted by atomic mass is 35.5. The molecule has 8 heteroatoms. The van der Waals surface area contributed by atoms with E-state index in [9.17, 15) is 8.42 Å². The third-order valence-corrected chi connectivity index (χ3v) is 4.24. The summed E-state index contributed by atoms with van der Waals surface area (Å²) in [5.74, 6) is 0. The molecule has 0 unspecified atom stereocenters. The molecule has 0 saturated heterocycles. The molecule has 2 rings (SSSR count). The molecule has 0 bridgehead atoms. The number of benzene rings is 2. The van der Waals surface area contributed by atoms with Crippen molar-refractivity contribution in [1.29, 1.82) is 0 Å². The standard InChI is InChI=1S/C12H10Cl2N2O3S/c13-8-3-6(1-2-10(8)15)7-4-9(14)12(16)11(5-7)20(17,18)19/h1-5H,15-16H2,(H,17,18,19). The molecule has 0 aliphatic rings. The second kappa shape index (κ2) is 5.14. The third-order valence-electron chi connectivity index (χ3n) is 2.70.